The number of hydrogen-bond acceptors (Lipinski definition) is 7. The van der Waals surface area contributed by atoms with Crippen molar-refractivity contribution in [2.75, 3.05) is 23.9 Å². The van der Waals surface area contributed by atoms with Crippen LogP contribution in [0.3, 0.4) is 0 Å². The third-order valence-corrected chi connectivity index (χ3v) is 6.21. The molecule has 0 saturated heterocycles. The number of amides is 1. The summed E-state index contributed by atoms with van der Waals surface area (Å²) in [5, 5.41) is 22.8. The second-order valence-electron chi connectivity index (χ2n) is 7.77. The summed E-state index contributed by atoms with van der Waals surface area (Å²) in [6.07, 6.45) is 0.188. The van der Waals surface area contributed by atoms with Gasteiger partial charge in [0.05, 0.1) is 18.4 Å². The number of methoxy groups -OCH3 is 1. The molecule has 0 radical (unpaired) electrons. The van der Waals surface area contributed by atoms with Crippen LogP contribution in [0.2, 0.25) is 0 Å². The van der Waals surface area contributed by atoms with Crippen LogP contribution in [0.1, 0.15) is 42.9 Å². The van der Waals surface area contributed by atoms with E-state index in [0.717, 1.165) is 11.1 Å². The summed E-state index contributed by atoms with van der Waals surface area (Å²) in [6, 6.07) is 19.2. The molecule has 172 valence electrons. The first-order valence-corrected chi connectivity index (χ1v) is 11.7. The standard InChI is InChI=1S/C26H25N5O2S/c1-16(2)17-8-10-18(11-9-17)24-19(14-27)25(29)31-26(20(24)15-28)34-13-12-23(32)30-21-6-4-5-7-22(21)33-3/h4-11,16H,12-13H2,1-3H3,(H2,29,31)(H,30,32). The number of hydrogen-bond donors (Lipinski definition) is 2. The van der Waals surface area contributed by atoms with Crippen molar-refractivity contribution in [3.63, 3.8) is 0 Å². The minimum absolute atomic E-state index is 0.0606. The highest BCUT2D eigenvalue weighted by molar-refractivity contribution is 7.99. The lowest BCUT2D eigenvalue weighted by Gasteiger charge is -2.14. The van der Waals surface area contributed by atoms with E-state index in [1.165, 1.54) is 11.8 Å². The molecule has 1 amide bonds. The molecule has 3 rings (SSSR count). The Morgan fingerprint density at radius 2 is 1.79 bits per heavy atom. The molecule has 0 saturated carbocycles. The van der Waals surface area contributed by atoms with Gasteiger partial charge < -0.3 is 15.8 Å². The molecule has 8 heteroatoms. The molecule has 0 spiro atoms. The Morgan fingerprint density at radius 1 is 1.12 bits per heavy atom. The summed E-state index contributed by atoms with van der Waals surface area (Å²) in [4.78, 5) is 16.7. The zero-order valence-corrected chi connectivity index (χ0v) is 20.1. The monoisotopic (exact) mass is 471 g/mol. The summed E-state index contributed by atoms with van der Waals surface area (Å²) in [6.45, 7) is 4.19. The lowest BCUT2D eigenvalue weighted by Crippen LogP contribution is -2.13. The first-order chi connectivity index (χ1) is 16.4. The van der Waals surface area contributed by atoms with Crippen LogP contribution in [-0.2, 0) is 4.79 Å². The van der Waals surface area contributed by atoms with Gasteiger partial charge in [0.2, 0.25) is 5.91 Å². The van der Waals surface area contributed by atoms with Crippen LogP contribution in [0, 0.1) is 22.7 Å². The second kappa shape index (κ2) is 11.2. The number of nitrogens with two attached hydrogens (primary N) is 1. The van der Waals surface area contributed by atoms with E-state index in [-0.39, 0.29) is 29.3 Å². The zero-order valence-electron chi connectivity index (χ0n) is 19.3. The van der Waals surface area contributed by atoms with Gasteiger partial charge in [-0.25, -0.2) is 4.98 Å². The van der Waals surface area contributed by atoms with E-state index < -0.39 is 0 Å². The number of nitrogens with one attached hydrogen (secondary N) is 1. The maximum Gasteiger partial charge on any atom is 0.225 e. The van der Waals surface area contributed by atoms with Crippen molar-refractivity contribution in [2.45, 2.75) is 31.2 Å². The fourth-order valence-electron chi connectivity index (χ4n) is 3.43. The molecule has 0 aliphatic carbocycles. The van der Waals surface area contributed by atoms with Crippen LogP contribution < -0.4 is 15.8 Å². The number of nitrogen functional groups attached to an aromatic ring is 1. The predicted molar refractivity (Wildman–Crippen MR) is 135 cm³/mol. The summed E-state index contributed by atoms with van der Waals surface area (Å²) in [5.74, 6) is 1.17. The Morgan fingerprint density at radius 3 is 2.41 bits per heavy atom. The molecule has 34 heavy (non-hydrogen) atoms. The number of pyridine rings is 1. The third-order valence-electron chi connectivity index (χ3n) is 5.23. The van der Waals surface area contributed by atoms with E-state index in [2.05, 4.69) is 36.3 Å². The normalized spacial score (nSPS) is 10.4. The number of aromatic nitrogens is 1. The van der Waals surface area contributed by atoms with Gasteiger partial charge in [0.15, 0.2) is 0 Å². The highest BCUT2D eigenvalue weighted by atomic mass is 32.2. The van der Waals surface area contributed by atoms with Crippen LogP contribution in [-0.4, -0.2) is 23.8 Å². The summed E-state index contributed by atoms with van der Waals surface area (Å²) >= 11 is 1.26. The smallest absolute Gasteiger partial charge is 0.225 e. The van der Waals surface area contributed by atoms with Crippen molar-refractivity contribution in [1.29, 1.82) is 10.5 Å². The number of nitriles is 2. The number of rotatable bonds is 8. The zero-order chi connectivity index (χ0) is 24.7. The molecule has 1 heterocycles. The molecule has 0 bridgehead atoms. The van der Waals surface area contributed by atoms with Crippen LogP contribution >= 0.6 is 11.8 Å². The van der Waals surface area contributed by atoms with Gasteiger partial charge in [-0.3, -0.25) is 4.79 Å². The van der Waals surface area contributed by atoms with Gasteiger partial charge >= 0.3 is 0 Å². The molecule has 3 N–H and O–H groups in total. The van der Waals surface area contributed by atoms with Gasteiger partial charge in [-0.05, 0) is 29.2 Å². The number of benzene rings is 2. The Hall–Kier alpha value is -4.01. The van der Waals surface area contributed by atoms with Gasteiger partial charge in [0.25, 0.3) is 0 Å². The highest BCUT2D eigenvalue weighted by Gasteiger charge is 2.21. The number of ether oxygens (including phenoxy) is 1. The lowest BCUT2D eigenvalue weighted by molar-refractivity contribution is -0.115. The molecule has 3 aromatic rings. The van der Waals surface area contributed by atoms with E-state index >= 15 is 0 Å². The van der Waals surface area contributed by atoms with Gasteiger partial charge in [0, 0.05) is 17.7 Å². The number of anilines is 2. The van der Waals surface area contributed by atoms with Crippen molar-refractivity contribution in [2.24, 2.45) is 0 Å². The van der Waals surface area contributed by atoms with E-state index in [1.54, 1.807) is 19.2 Å². The molecule has 2 aromatic carbocycles. The molecule has 0 aliphatic rings. The Labute approximate surface area is 203 Å². The van der Waals surface area contributed by atoms with E-state index in [1.807, 2.05) is 36.4 Å². The van der Waals surface area contributed by atoms with E-state index in [9.17, 15) is 15.3 Å². The van der Waals surface area contributed by atoms with Crippen LogP contribution in [0.15, 0.2) is 53.6 Å². The molecule has 0 atom stereocenters. The van der Waals surface area contributed by atoms with Crippen LogP contribution in [0.4, 0.5) is 11.5 Å². The molecule has 7 nitrogen and oxygen atoms in total. The van der Waals surface area contributed by atoms with Gasteiger partial charge in [-0.1, -0.05) is 50.2 Å². The Bertz CT molecular complexity index is 1270. The number of para-hydroxylation sites is 2. The maximum absolute atomic E-state index is 12.4. The SMILES string of the molecule is COc1ccccc1NC(=O)CCSc1nc(N)c(C#N)c(-c2ccc(C(C)C)cc2)c1C#N. The average molecular weight is 472 g/mol. The lowest BCUT2D eigenvalue weighted by atomic mass is 9.94. The first kappa shape index (κ1) is 24.6. The minimum Gasteiger partial charge on any atom is -0.495 e. The number of thioether (sulfide) groups is 1. The number of carbonyl (C=O) groups is 1. The van der Waals surface area contributed by atoms with Crippen molar-refractivity contribution in [3.05, 3.63) is 65.2 Å². The molecular formula is C26H25N5O2S. The Kier molecular flexibility index (Phi) is 8.13. The molecule has 0 aliphatic heterocycles. The molecule has 0 unspecified atom stereocenters. The fraction of sp³-hybridized carbons (Fsp3) is 0.231. The molecule has 1 aromatic heterocycles. The maximum atomic E-state index is 12.4. The highest BCUT2D eigenvalue weighted by Crippen LogP contribution is 2.36. The largest absolute Gasteiger partial charge is 0.495 e. The average Bonchev–Trinajstić information content (AvgIpc) is 2.84. The predicted octanol–water partition coefficient (Wildman–Crippen LogP) is 5.33. The number of carbonyl (C=O) groups excluding carboxylic acids is 1. The summed E-state index contributed by atoms with van der Waals surface area (Å²) in [7, 11) is 1.54. The fourth-order valence-corrected chi connectivity index (χ4v) is 4.36. The summed E-state index contributed by atoms with van der Waals surface area (Å²) in [5.41, 5.74) is 9.47. The van der Waals surface area contributed by atoms with Gasteiger partial charge in [-0.15, -0.1) is 11.8 Å². The van der Waals surface area contributed by atoms with E-state index in [4.69, 9.17) is 10.5 Å². The quantitative estimate of drug-likeness (QED) is 0.426. The van der Waals surface area contributed by atoms with Crippen LogP contribution in [0.25, 0.3) is 11.1 Å². The molecule has 0 fully saturated rings. The van der Waals surface area contributed by atoms with Crippen LogP contribution in [0.5, 0.6) is 5.75 Å². The minimum atomic E-state index is -0.193. The first-order valence-electron chi connectivity index (χ1n) is 10.7. The number of nitrogens with zero attached hydrogens (tertiary/aromatic N) is 3. The molecular weight excluding hydrogens is 446 g/mol. The third kappa shape index (κ3) is 5.48. The van der Waals surface area contributed by atoms with Gasteiger partial charge in [0.1, 0.15) is 34.3 Å². The van der Waals surface area contributed by atoms with Crippen molar-refractivity contribution in [1.82, 2.24) is 4.98 Å². The van der Waals surface area contributed by atoms with E-state index in [0.29, 0.717) is 33.7 Å². The topological polar surface area (TPSA) is 125 Å². The van der Waals surface area contributed by atoms with Gasteiger partial charge in [-0.2, -0.15) is 10.5 Å². The second-order valence-corrected chi connectivity index (χ2v) is 8.86. The van der Waals surface area contributed by atoms with Crippen molar-refractivity contribution < 1.29 is 9.53 Å². The van der Waals surface area contributed by atoms with Crippen molar-refractivity contribution >= 4 is 29.2 Å². The Balaban J connectivity index is 1.83. The van der Waals surface area contributed by atoms with Crippen molar-refractivity contribution in [3.8, 4) is 29.0 Å². The summed E-state index contributed by atoms with van der Waals surface area (Å²) < 4.78 is 5.25.